The molecule has 0 unspecified atom stereocenters. The molecule has 2 N–H and O–H groups in total. The molecule has 0 aromatic heterocycles. The van der Waals surface area contributed by atoms with Crippen LogP contribution in [0.1, 0.15) is 42.2 Å². The van der Waals surface area contributed by atoms with Gasteiger partial charge in [0.25, 0.3) is 5.91 Å². The van der Waals surface area contributed by atoms with Crippen LogP contribution in [0.25, 0.3) is 0 Å². The summed E-state index contributed by atoms with van der Waals surface area (Å²) in [6.45, 7) is 0. The van der Waals surface area contributed by atoms with Crippen molar-refractivity contribution in [1.29, 1.82) is 5.26 Å². The topological polar surface area (TPSA) is 107 Å². The molecular formula is C22H14N2O4. The molecule has 0 spiro atoms. The zero-order valence-electron chi connectivity index (χ0n) is 14.5. The first-order chi connectivity index (χ1) is 13.5. The van der Waals surface area contributed by atoms with Gasteiger partial charge >= 0.3 is 5.97 Å². The van der Waals surface area contributed by atoms with Gasteiger partial charge in [0.1, 0.15) is 0 Å². The van der Waals surface area contributed by atoms with Crippen LogP contribution in [-0.4, -0.2) is 22.8 Å². The summed E-state index contributed by atoms with van der Waals surface area (Å²) in [4.78, 5) is 36.5. The third kappa shape index (κ3) is 3.94. The maximum Gasteiger partial charge on any atom is 0.337 e. The molecule has 0 aliphatic heterocycles. The third-order valence-corrected chi connectivity index (χ3v) is 4.05. The second-order valence-electron chi connectivity index (χ2n) is 5.91. The summed E-state index contributed by atoms with van der Waals surface area (Å²) in [5.41, 5.74) is 1.10. The molecule has 6 heteroatoms. The number of hydrogen-bond donors (Lipinski definition) is 2. The Morgan fingerprint density at radius 1 is 0.821 bits per heavy atom. The lowest BCUT2D eigenvalue weighted by atomic mass is 10.0. The third-order valence-electron chi connectivity index (χ3n) is 4.05. The predicted molar refractivity (Wildman–Crippen MR) is 102 cm³/mol. The second-order valence-corrected chi connectivity index (χ2v) is 5.91. The maximum absolute atomic E-state index is 12.6. The number of carbonyl (C=O) groups is 3. The minimum atomic E-state index is -1.26. The van der Waals surface area contributed by atoms with E-state index in [0.717, 1.165) is 0 Å². The van der Waals surface area contributed by atoms with Crippen molar-refractivity contribution in [3.8, 4) is 6.07 Å². The number of carboxylic acids is 1. The van der Waals surface area contributed by atoms with Gasteiger partial charge in [-0.15, -0.1) is 0 Å². The van der Waals surface area contributed by atoms with E-state index in [0.29, 0.717) is 11.1 Å². The summed E-state index contributed by atoms with van der Waals surface area (Å²) in [5.74, 6) is -2.05. The van der Waals surface area contributed by atoms with Crippen LogP contribution in [-0.2, 0) is 0 Å². The van der Waals surface area contributed by atoms with Crippen molar-refractivity contribution >= 4 is 23.3 Å². The summed E-state index contributed by atoms with van der Waals surface area (Å²) < 4.78 is 0. The Kier molecular flexibility index (Phi) is 5.28. The summed E-state index contributed by atoms with van der Waals surface area (Å²) in [7, 11) is 0. The molecule has 6 nitrogen and oxygen atoms in total. The molecule has 0 radical (unpaired) electrons. The van der Waals surface area contributed by atoms with E-state index >= 15 is 0 Å². The minimum Gasteiger partial charge on any atom is -0.478 e. The number of nitriles is 1. The number of hydrogen-bond acceptors (Lipinski definition) is 4. The lowest BCUT2D eigenvalue weighted by Gasteiger charge is -2.10. The number of carbonyl (C=O) groups excluding carboxylic acids is 2. The fraction of sp³-hybridized carbons (Fsp3) is 0. The van der Waals surface area contributed by atoms with Gasteiger partial charge in [0.15, 0.2) is 5.78 Å². The Balaban J connectivity index is 1.88. The highest BCUT2D eigenvalue weighted by Crippen LogP contribution is 2.19. The van der Waals surface area contributed by atoms with E-state index in [1.165, 1.54) is 30.3 Å². The van der Waals surface area contributed by atoms with E-state index < -0.39 is 11.9 Å². The smallest absolute Gasteiger partial charge is 0.337 e. The molecule has 0 saturated carbocycles. The highest BCUT2D eigenvalue weighted by molar-refractivity contribution is 6.12. The quantitative estimate of drug-likeness (QED) is 0.665. The van der Waals surface area contributed by atoms with E-state index in [1.807, 2.05) is 6.07 Å². The van der Waals surface area contributed by atoms with Crippen LogP contribution >= 0.6 is 0 Å². The molecule has 28 heavy (non-hydrogen) atoms. The molecule has 0 aliphatic rings. The Morgan fingerprint density at radius 3 is 2.18 bits per heavy atom. The first-order valence-corrected chi connectivity index (χ1v) is 8.28. The number of rotatable bonds is 5. The van der Waals surface area contributed by atoms with E-state index in [9.17, 15) is 19.5 Å². The SMILES string of the molecule is N#Cc1ccc(NC(=O)c2cccc(C(=O)c3ccccc3)c2)c(C(=O)O)c1. The van der Waals surface area contributed by atoms with Crippen molar-refractivity contribution < 1.29 is 19.5 Å². The first kappa shape index (κ1) is 18.5. The van der Waals surface area contributed by atoms with Gasteiger partial charge in [0.05, 0.1) is 22.9 Å². The minimum absolute atomic E-state index is 0.0660. The Bertz CT molecular complexity index is 1110. The number of nitrogens with zero attached hydrogens (tertiary/aromatic N) is 1. The van der Waals surface area contributed by atoms with Crippen LogP contribution < -0.4 is 5.32 Å². The van der Waals surface area contributed by atoms with Gasteiger partial charge in [-0.2, -0.15) is 5.26 Å². The first-order valence-electron chi connectivity index (χ1n) is 8.28. The van der Waals surface area contributed by atoms with Crippen molar-refractivity contribution in [2.75, 3.05) is 5.32 Å². The molecule has 0 bridgehead atoms. The lowest BCUT2D eigenvalue weighted by Crippen LogP contribution is -2.15. The Morgan fingerprint density at radius 2 is 1.50 bits per heavy atom. The molecule has 0 heterocycles. The predicted octanol–water partition coefficient (Wildman–Crippen LogP) is 3.74. The van der Waals surface area contributed by atoms with Crippen LogP contribution in [0.5, 0.6) is 0 Å². The number of amides is 1. The fourth-order valence-corrected chi connectivity index (χ4v) is 2.65. The average molecular weight is 370 g/mol. The highest BCUT2D eigenvalue weighted by Gasteiger charge is 2.16. The van der Waals surface area contributed by atoms with Crippen LogP contribution in [0.2, 0.25) is 0 Å². The molecular weight excluding hydrogens is 356 g/mol. The van der Waals surface area contributed by atoms with Gasteiger partial charge in [-0.05, 0) is 30.3 Å². The molecule has 3 aromatic carbocycles. The van der Waals surface area contributed by atoms with Crippen molar-refractivity contribution in [1.82, 2.24) is 0 Å². The molecule has 0 aliphatic carbocycles. The molecule has 0 fully saturated rings. The lowest BCUT2D eigenvalue weighted by molar-refractivity contribution is 0.0697. The molecule has 0 saturated heterocycles. The van der Waals surface area contributed by atoms with Gasteiger partial charge in [0.2, 0.25) is 0 Å². The summed E-state index contributed by atoms with van der Waals surface area (Å²) >= 11 is 0. The van der Waals surface area contributed by atoms with Crippen molar-refractivity contribution in [2.24, 2.45) is 0 Å². The molecule has 0 atom stereocenters. The van der Waals surface area contributed by atoms with Crippen LogP contribution in [0.15, 0.2) is 72.8 Å². The number of anilines is 1. The fourth-order valence-electron chi connectivity index (χ4n) is 2.65. The standard InChI is InChI=1S/C22H14N2O4/c23-13-14-9-10-19(18(11-14)22(27)28)24-21(26)17-8-4-7-16(12-17)20(25)15-5-2-1-3-6-15/h1-12H,(H,24,26)(H,27,28). The monoisotopic (exact) mass is 370 g/mol. The highest BCUT2D eigenvalue weighted by atomic mass is 16.4. The van der Waals surface area contributed by atoms with Gasteiger partial charge < -0.3 is 10.4 Å². The van der Waals surface area contributed by atoms with E-state index in [2.05, 4.69) is 5.32 Å². The van der Waals surface area contributed by atoms with E-state index in [4.69, 9.17) is 5.26 Å². The van der Waals surface area contributed by atoms with Gasteiger partial charge in [0, 0.05) is 16.7 Å². The number of aromatic carboxylic acids is 1. The van der Waals surface area contributed by atoms with Crippen molar-refractivity contribution in [3.63, 3.8) is 0 Å². The number of carboxylic acid groups (broad SMARTS) is 1. The van der Waals surface area contributed by atoms with Crippen LogP contribution in [0, 0.1) is 11.3 Å². The zero-order chi connectivity index (χ0) is 20.1. The van der Waals surface area contributed by atoms with Crippen LogP contribution in [0.3, 0.4) is 0 Å². The molecule has 136 valence electrons. The second kappa shape index (κ2) is 7.98. The molecule has 3 rings (SSSR count). The summed E-state index contributed by atoms with van der Waals surface area (Å²) in [6.07, 6.45) is 0. The van der Waals surface area contributed by atoms with Gasteiger partial charge in [-0.1, -0.05) is 42.5 Å². The zero-order valence-corrected chi connectivity index (χ0v) is 14.5. The van der Waals surface area contributed by atoms with Crippen molar-refractivity contribution in [2.45, 2.75) is 0 Å². The Labute approximate surface area is 160 Å². The van der Waals surface area contributed by atoms with Crippen molar-refractivity contribution in [3.05, 3.63) is 101 Å². The normalized spacial score (nSPS) is 9.96. The molecule has 1 amide bonds. The summed E-state index contributed by atoms with van der Waals surface area (Å²) in [5, 5.41) is 20.7. The van der Waals surface area contributed by atoms with E-state index in [-0.39, 0.29) is 28.2 Å². The average Bonchev–Trinajstić information content (AvgIpc) is 2.74. The molecule has 3 aromatic rings. The summed E-state index contributed by atoms with van der Waals surface area (Å²) in [6, 6.07) is 20.7. The number of benzene rings is 3. The van der Waals surface area contributed by atoms with Crippen LogP contribution in [0.4, 0.5) is 5.69 Å². The number of ketones is 1. The van der Waals surface area contributed by atoms with E-state index in [1.54, 1.807) is 42.5 Å². The Hall–Kier alpha value is -4.24. The van der Waals surface area contributed by atoms with Gasteiger partial charge in [-0.25, -0.2) is 4.79 Å². The largest absolute Gasteiger partial charge is 0.478 e. The maximum atomic E-state index is 12.6. The number of nitrogens with one attached hydrogen (secondary N) is 1. The van der Waals surface area contributed by atoms with Gasteiger partial charge in [-0.3, -0.25) is 9.59 Å².